The molecule has 6 rings (SSSR count). The summed E-state index contributed by atoms with van der Waals surface area (Å²) in [7, 11) is 0. The molecule has 0 aliphatic heterocycles. The fraction of sp³-hybridized carbons (Fsp3) is 0. The van der Waals surface area contributed by atoms with Crippen molar-refractivity contribution in [3.63, 3.8) is 0 Å². The number of fused-ring (bicyclic) bond motifs is 2. The Morgan fingerprint density at radius 1 is 0.438 bits per heavy atom. The van der Waals surface area contributed by atoms with Gasteiger partial charge in [0.15, 0.2) is 0 Å². The number of carbonyl (C=O) groups excluding carboxylic acids is 2. The number of nitrogens with two attached hydrogens (primary N) is 2. The lowest BCUT2D eigenvalue weighted by Gasteiger charge is -2.13. The smallest absolute Gasteiger partial charge is 0.249 e. The van der Waals surface area contributed by atoms with Gasteiger partial charge in [0.25, 0.3) is 0 Å². The maximum Gasteiger partial charge on any atom is 0.249 e. The van der Waals surface area contributed by atoms with Crippen LogP contribution < -0.4 is 11.5 Å². The Morgan fingerprint density at radius 2 is 0.750 bits per heavy atom. The maximum absolute atomic E-state index is 10.7. The lowest BCUT2D eigenvalue weighted by atomic mass is 9.90. The number of benzene rings is 6. The molecule has 0 saturated carbocycles. The van der Waals surface area contributed by atoms with Crippen LogP contribution in [0.3, 0.4) is 0 Å². The van der Waals surface area contributed by atoms with E-state index in [1.807, 2.05) is 0 Å². The molecule has 0 aliphatic carbocycles. The van der Waals surface area contributed by atoms with Gasteiger partial charge in [-0.25, -0.2) is 0 Å². The van der Waals surface area contributed by atoms with Crippen molar-refractivity contribution in [1.82, 2.24) is 0 Å². The first-order valence-corrected chi connectivity index (χ1v) is 10.3. The molecule has 4 heteroatoms. The van der Waals surface area contributed by atoms with E-state index in [9.17, 15) is 9.59 Å². The summed E-state index contributed by atoms with van der Waals surface area (Å²) < 4.78 is 0. The van der Waals surface area contributed by atoms with Crippen molar-refractivity contribution in [1.29, 1.82) is 0 Å². The van der Waals surface area contributed by atoms with Crippen LogP contribution in [0.25, 0.3) is 43.1 Å². The third kappa shape index (κ3) is 3.10. The molecule has 0 saturated heterocycles. The summed E-state index contributed by atoms with van der Waals surface area (Å²) in [5, 5.41) is 10.9. The van der Waals surface area contributed by atoms with Gasteiger partial charge in [-0.3, -0.25) is 9.59 Å². The predicted octanol–water partition coefficient (Wildman–Crippen LogP) is 5.62. The van der Waals surface area contributed by atoms with Crippen LogP contribution in [-0.4, -0.2) is 11.8 Å². The van der Waals surface area contributed by atoms with Crippen LogP contribution in [0.2, 0.25) is 0 Å². The van der Waals surface area contributed by atoms with Crippen molar-refractivity contribution in [2.75, 3.05) is 0 Å². The highest BCUT2D eigenvalue weighted by atomic mass is 16.2. The zero-order valence-electron chi connectivity index (χ0n) is 17.2. The molecule has 0 aromatic heterocycles. The van der Waals surface area contributed by atoms with Crippen molar-refractivity contribution in [2.24, 2.45) is 11.5 Å². The SMILES string of the molecule is NC(=O)c1ccccc1C(N)=O.c1cc2cccc3c4cccc5cccc(c(c1)c23)c54. The molecular weight excluding hydrogens is 396 g/mol. The second-order valence-corrected chi connectivity index (χ2v) is 7.69. The van der Waals surface area contributed by atoms with E-state index in [1.165, 1.54) is 55.2 Å². The van der Waals surface area contributed by atoms with E-state index in [4.69, 9.17) is 11.5 Å². The molecule has 32 heavy (non-hydrogen) atoms. The highest BCUT2D eigenvalue weighted by molar-refractivity contribution is 6.32. The van der Waals surface area contributed by atoms with Gasteiger partial charge in [-0.05, 0) is 55.2 Å². The lowest BCUT2D eigenvalue weighted by Crippen LogP contribution is -2.20. The predicted molar refractivity (Wildman–Crippen MR) is 131 cm³/mol. The fourth-order valence-corrected chi connectivity index (χ4v) is 4.49. The number of rotatable bonds is 2. The summed E-state index contributed by atoms with van der Waals surface area (Å²) in [5.41, 5.74) is 10.3. The van der Waals surface area contributed by atoms with Crippen molar-refractivity contribution in [3.05, 3.63) is 108 Å². The van der Waals surface area contributed by atoms with E-state index >= 15 is 0 Å². The van der Waals surface area contributed by atoms with E-state index in [-0.39, 0.29) is 11.1 Å². The molecule has 2 amide bonds. The maximum atomic E-state index is 10.7. The molecule has 0 atom stereocenters. The number of carbonyl (C=O) groups is 2. The van der Waals surface area contributed by atoms with Gasteiger partial charge in [0, 0.05) is 0 Å². The highest BCUT2D eigenvalue weighted by Gasteiger charge is 2.12. The minimum absolute atomic E-state index is 0.157. The van der Waals surface area contributed by atoms with E-state index < -0.39 is 11.8 Å². The number of hydrogen-bond donors (Lipinski definition) is 2. The van der Waals surface area contributed by atoms with Crippen LogP contribution in [0, 0.1) is 0 Å². The Kier molecular flexibility index (Phi) is 4.68. The summed E-state index contributed by atoms with van der Waals surface area (Å²) in [6.07, 6.45) is 0. The van der Waals surface area contributed by atoms with E-state index in [0.717, 1.165) is 0 Å². The zero-order valence-corrected chi connectivity index (χ0v) is 17.2. The molecule has 0 spiro atoms. The monoisotopic (exact) mass is 416 g/mol. The topological polar surface area (TPSA) is 86.2 Å². The Hall–Kier alpha value is -4.44. The second kappa shape index (κ2) is 7.67. The molecule has 0 heterocycles. The van der Waals surface area contributed by atoms with Gasteiger partial charge in [0.05, 0.1) is 11.1 Å². The highest BCUT2D eigenvalue weighted by Crippen LogP contribution is 2.39. The number of primary amides is 2. The minimum Gasteiger partial charge on any atom is -0.366 e. The van der Waals surface area contributed by atoms with Crippen molar-refractivity contribution in [3.8, 4) is 0 Å². The quantitative estimate of drug-likeness (QED) is 0.283. The van der Waals surface area contributed by atoms with Crippen LogP contribution >= 0.6 is 0 Å². The minimum atomic E-state index is -0.649. The normalized spacial score (nSPS) is 11.0. The summed E-state index contributed by atoms with van der Waals surface area (Å²) >= 11 is 0. The second-order valence-electron chi connectivity index (χ2n) is 7.69. The van der Waals surface area contributed by atoms with Crippen LogP contribution in [0.5, 0.6) is 0 Å². The summed E-state index contributed by atoms with van der Waals surface area (Å²) in [6, 6.07) is 32.6. The van der Waals surface area contributed by atoms with Gasteiger partial charge in [-0.15, -0.1) is 0 Å². The molecular formula is C28H20N2O2. The molecule has 154 valence electrons. The Morgan fingerprint density at radius 3 is 1.03 bits per heavy atom. The van der Waals surface area contributed by atoms with E-state index in [0.29, 0.717) is 0 Å². The summed E-state index contributed by atoms with van der Waals surface area (Å²) in [4.78, 5) is 21.5. The Bertz CT molecular complexity index is 1430. The first-order valence-electron chi connectivity index (χ1n) is 10.3. The molecule has 0 radical (unpaired) electrons. The van der Waals surface area contributed by atoms with Gasteiger partial charge < -0.3 is 11.5 Å². The van der Waals surface area contributed by atoms with E-state index in [2.05, 4.69) is 72.8 Å². The average Bonchev–Trinajstić information content (AvgIpc) is 2.82. The molecule has 0 aliphatic rings. The fourth-order valence-electron chi connectivity index (χ4n) is 4.49. The van der Waals surface area contributed by atoms with Crippen molar-refractivity contribution >= 4 is 54.9 Å². The molecule has 6 aromatic rings. The van der Waals surface area contributed by atoms with Gasteiger partial charge >= 0.3 is 0 Å². The van der Waals surface area contributed by atoms with Crippen LogP contribution in [-0.2, 0) is 0 Å². The Balaban J connectivity index is 0.000000156. The van der Waals surface area contributed by atoms with Gasteiger partial charge in [0.2, 0.25) is 11.8 Å². The first kappa shape index (κ1) is 19.5. The van der Waals surface area contributed by atoms with Crippen molar-refractivity contribution in [2.45, 2.75) is 0 Å². The van der Waals surface area contributed by atoms with Crippen LogP contribution in [0.1, 0.15) is 20.7 Å². The van der Waals surface area contributed by atoms with Crippen molar-refractivity contribution < 1.29 is 9.59 Å². The third-order valence-electron chi connectivity index (χ3n) is 5.85. The molecule has 0 fully saturated rings. The summed E-state index contributed by atoms with van der Waals surface area (Å²) in [5.74, 6) is -1.30. The van der Waals surface area contributed by atoms with Gasteiger partial charge in [-0.1, -0.05) is 84.9 Å². The largest absolute Gasteiger partial charge is 0.366 e. The van der Waals surface area contributed by atoms with E-state index in [1.54, 1.807) is 12.1 Å². The van der Waals surface area contributed by atoms with Crippen LogP contribution in [0.15, 0.2) is 97.1 Å². The molecule has 4 N–H and O–H groups in total. The summed E-state index contributed by atoms with van der Waals surface area (Å²) in [6.45, 7) is 0. The molecule has 0 bridgehead atoms. The average molecular weight is 416 g/mol. The number of hydrogen-bond acceptors (Lipinski definition) is 2. The molecule has 6 aromatic carbocycles. The zero-order chi connectivity index (χ0) is 22.2. The van der Waals surface area contributed by atoms with Gasteiger partial charge in [0.1, 0.15) is 0 Å². The molecule has 4 nitrogen and oxygen atoms in total. The Labute approximate surface area is 184 Å². The lowest BCUT2D eigenvalue weighted by molar-refractivity contribution is 0.0967. The first-order chi connectivity index (χ1) is 15.6. The number of amides is 2. The third-order valence-corrected chi connectivity index (χ3v) is 5.85. The standard InChI is InChI=1S/C20H12.C8H8N2O2/c1-5-13-6-2-11-17-18-12-4-8-14-7-3-10-16(20(14)18)15(9-1)19(13)17;9-7(11)5-3-1-2-4-6(5)8(10)12/h1-12H;1-4H,(H2,9,11)(H2,10,12). The van der Waals surface area contributed by atoms with Crippen LogP contribution in [0.4, 0.5) is 0 Å². The molecule has 0 unspecified atom stereocenters. The van der Waals surface area contributed by atoms with Gasteiger partial charge in [-0.2, -0.15) is 0 Å².